The number of hydrogen-bond acceptors (Lipinski definition) is 2. The van der Waals surface area contributed by atoms with Crippen LogP contribution in [0.15, 0.2) is 0 Å². The van der Waals surface area contributed by atoms with Crippen LogP contribution in [0.2, 0.25) is 0 Å². The number of carbonyl (C=O) groups is 1. The van der Waals surface area contributed by atoms with Gasteiger partial charge in [-0.3, -0.25) is 4.79 Å². The molecular formula is C8H13F2NO2. The molecule has 1 amide bonds. The number of aliphatic hydroxyl groups is 1. The van der Waals surface area contributed by atoms with E-state index in [4.69, 9.17) is 0 Å². The number of aliphatic hydroxyl groups excluding tert-OH is 1. The minimum atomic E-state index is -2.46. The van der Waals surface area contributed by atoms with Gasteiger partial charge in [-0.05, 0) is 6.42 Å². The maximum absolute atomic E-state index is 12.3. The van der Waals surface area contributed by atoms with Gasteiger partial charge in [0.2, 0.25) is 12.3 Å². The Morgan fingerprint density at radius 3 is 2.62 bits per heavy atom. The van der Waals surface area contributed by atoms with Gasteiger partial charge in [-0.2, -0.15) is 0 Å². The fourth-order valence-corrected chi connectivity index (χ4v) is 1.55. The monoisotopic (exact) mass is 193 g/mol. The Bertz CT molecular complexity index is 199. The zero-order valence-corrected chi connectivity index (χ0v) is 7.41. The molecule has 1 heterocycles. The van der Waals surface area contributed by atoms with E-state index in [1.807, 2.05) is 0 Å². The van der Waals surface area contributed by atoms with E-state index in [0.717, 1.165) is 0 Å². The molecule has 1 saturated heterocycles. The Hall–Kier alpha value is -0.710. The third-order valence-corrected chi connectivity index (χ3v) is 2.26. The van der Waals surface area contributed by atoms with Gasteiger partial charge in [0.1, 0.15) is 0 Å². The lowest BCUT2D eigenvalue weighted by atomic mass is 9.96. The summed E-state index contributed by atoms with van der Waals surface area (Å²) in [4.78, 5) is 12.2. The van der Waals surface area contributed by atoms with E-state index in [1.54, 1.807) is 0 Å². The molecule has 1 N–H and O–H groups in total. The summed E-state index contributed by atoms with van der Waals surface area (Å²) in [5, 5.41) is 9.22. The van der Waals surface area contributed by atoms with E-state index >= 15 is 0 Å². The molecule has 1 aliphatic heterocycles. The molecule has 5 heteroatoms. The highest BCUT2D eigenvalue weighted by molar-refractivity contribution is 5.73. The van der Waals surface area contributed by atoms with Crippen LogP contribution < -0.4 is 0 Å². The lowest BCUT2D eigenvalue weighted by molar-refractivity contribution is -0.135. The number of β-amino-alcohol motifs (C(OH)–C–C–N with tert-alkyl or cyclic N) is 1. The van der Waals surface area contributed by atoms with Gasteiger partial charge >= 0.3 is 0 Å². The minimum Gasteiger partial charge on any atom is -0.391 e. The lowest BCUT2D eigenvalue weighted by Gasteiger charge is -2.34. The predicted molar refractivity (Wildman–Crippen MR) is 42.4 cm³/mol. The zero-order chi connectivity index (χ0) is 10.0. The van der Waals surface area contributed by atoms with Crippen molar-refractivity contribution in [3.63, 3.8) is 0 Å². The van der Waals surface area contributed by atoms with Crippen LogP contribution in [-0.2, 0) is 4.79 Å². The first-order valence-electron chi connectivity index (χ1n) is 4.22. The van der Waals surface area contributed by atoms with Crippen LogP contribution in [0.1, 0.15) is 13.3 Å². The first-order chi connectivity index (χ1) is 6.00. The van der Waals surface area contributed by atoms with E-state index in [9.17, 15) is 18.7 Å². The summed E-state index contributed by atoms with van der Waals surface area (Å²) in [6.45, 7) is 1.56. The normalized spacial score (nSPS) is 29.5. The highest BCUT2D eigenvalue weighted by Crippen LogP contribution is 2.22. The van der Waals surface area contributed by atoms with Crippen molar-refractivity contribution in [2.24, 2.45) is 5.92 Å². The van der Waals surface area contributed by atoms with E-state index in [1.165, 1.54) is 11.8 Å². The molecule has 0 saturated carbocycles. The number of nitrogens with zero attached hydrogens (tertiary/aromatic N) is 1. The quantitative estimate of drug-likeness (QED) is 0.658. The largest absolute Gasteiger partial charge is 0.391 e. The molecule has 0 aromatic carbocycles. The third-order valence-electron chi connectivity index (χ3n) is 2.26. The van der Waals surface area contributed by atoms with E-state index in [0.29, 0.717) is 0 Å². The molecule has 0 radical (unpaired) electrons. The molecule has 1 fully saturated rings. The third kappa shape index (κ3) is 2.62. The molecule has 0 spiro atoms. The molecule has 76 valence electrons. The Morgan fingerprint density at radius 1 is 1.54 bits per heavy atom. The predicted octanol–water partition coefficient (Wildman–Crippen LogP) is 0.481. The molecule has 0 bridgehead atoms. The summed E-state index contributed by atoms with van der Waals surface area (Å²) in [7, 11) is 0. The summed E-state index contributed by atoms with van der Waals surface area (Å²) >= 11 is 0. The maximum Gasteiger partial charge on any atom is 0.243 e. The Kier molecular flexibility index (Phi) is 3.19. The highest BCUT2D eigenvalue weighted by Gasteiger charge is 2.32. The van der Waals surface area contributed by atoms with Gasteiger partial charge in [-0.15, -0.1) is 0 Å². The molecular weight excluding hydrogens is 180 g/mol. The van der Waals surface area contributed by atoms with Crippen molar-refractivity contribution in [3.8, 4) is 0 Å². The van der Waals surface area contributed by atoms with Crippen LogP contribution in [0.5, 0.6) is 0 Å². The van der Waals surface area contributed by atoms with Crippen molar-refractivity contribution >= 4 is 5.91 Å². The summed E-state index contributed by atoms with van der Waals surface area (Å²) in [5.74, 6) is -1.14. The maximum atomic E-state index is 12.3. The van der Waals surface area contributed by atoms with Crippen LogP contribution in [0.3, 0.4) is 0 Å². The van der Waals surface area contributed by atoms with Crippen LogP contribution in [-0.4, -0.2) is 41.5 Å². The van der Waals surface area contributed by atoms with E-state index < -0.39 is 18.4 Å². The van der Waals surface area contributed by atoms with E-state index in [-0.39, 0.29) is 25.4 Å². The second-order valence-corrected chi connectivity index (χ2v) is 3.41. The summed E-state index contributed by atoms with van der Waals surface area (Å²) in [5.41, 5.74) is 0. The first kappa shape index (κ1) is 10.4. The van der Waals surface area contributed by atoms with Crippen molar-refractivity contribution in [2.75, 3.05) is 13.1 Å². The number of alkyl halides is 2. The standard InChI is InChI=1S/C8H13F2NO2/c1-5(12)11-3-6(8(9)10)2-7(13)4-11/h6-8,13H,2-4H2,1H3/t6-,7+/m1/s1. The van der Waals surface area contributed by atoms with Crippen LogP contribution >= 0.6 is 0 Å². The van der Waals surface area contributed by atoms with Gasteiger partial charge in [0.05, 0.1) is 6.10 Å². The van der Waals surface area contributed by atoms with Crippen LogP contribution in [0, 0.1) is 5.92 Å². The number of carbonyl (C=O) groups excluding carboxylic acids is 1. The fourth-order valence-electron chi connectivity index (χ4n) is 1.55. The molecule has 1 rings (SSSR count). The van der Waals surface area contributed by atoms with Crippen molar-refractivity contribution in [3.05, 3.63) is 0 Å². The zero-order valence-electron chi connectivity index (χ0n) is 7.41. The van der Waals surface area contributed by atoms with Gasteiger partial charge < -0.3 is 10.0 Å². The minimum absolute atomic E-state index is 0.0596. The topological polar surface area (TPSA) is 40.5 Å². The van der Waals surface area contributed by atoms with Crippen molar-refractivity contribution in [1.82, 2.24) is 4.90 Å². The molecule has 0 aromatic rings. The van der Waals surface area contributed by atoms with E-state index in [2.05, 4.69) is 0 Å². The number of halogens is 2. The van der Waals surface area contributed by atoms with Crippen LogP contribution in [0.25, 0.3) is 0 Å². The smallest absolute Gasteiger partial charge is 0.243 e. The van der Waals surface area contributed by atoms with Gasteiger partial charge in [0, 0.05) is 25.9 Å². The summed E-state index contributed by atoms with van der Waals surface area (Å²) in [6, 6.07) is 0. The van der Waals surface area contributed by atoms with Crippen molar-refractivity contribution in [1.29, 1.82) is 0 Å². The van der Waals surface area contributed by atoms with Gasteiger partial charge in [-0.25, -0.2) is 8.78 Å². The van der Waals surface area contributed by atoms with Gasteiger partial charge in [-0.1, -0.05) is 0 Å². The average Bonchev–Trinajstić information content (AvgIpc) is 2.03. The molecule has 3 nitrogen and oxygen atoms in total. The van der Waals surface area contributed by atoms with Crippen LogP contribution in [0.4, 0.5) is 8.78 Å². The number of hydrogen-bond donors (Lipinski definition) is 1. The lowest BCUT2D eigenvalue weighted by Crippen LogP contribution is -2.47. The van der Waals surface area contributed by atoms with Gasteiger partial charge in [0.25, 0.3) is 0 Å². The number of amides is 1. The fraction of sp³-hybridized carbons (Fsp3) is 0.875. The molecule has 2 atom stereocenters. The Morgan fingerprint density at radius 2 is 2.15 bits per heavy atom. The Labute approximate surface area is 75.3 Å². The number of rotatable bonds is 1. The first-order valence-corrected chi connectivity index (χ1v) is 4.22. The SMILES string of the molecule is CC(=O)N1C[C@@H](O)C[C@@H](C(F)F)C1. The molecule has 0 aromatic heterocycles. The van der Waals surface area contributed by atoms with Crippen molar-refractivity contribution < 1.29 is 18.7 Å². The number of likely N-dealkylation sites (tertiary alicyclic amines) is 1. The number of piperidine rings is 1. The van der Waals surface area contributed by atoms with Gasteiger partial charge in [0.15, 0.2) is 0 Å². The highest BCUT2D eigenvalue weighted by atomic mass is 19.3. The summed E-state index contributed by atoms with van der Waals surface area (Å²) < 4.78 is 24.6. The molecule has 13 heavy (non-hydrogen) atoms. The molecule has 1 aliphatic rings. The summed E-state index contributed by atoms with van der Waals surface area (Å²) in [6.07, 6.45) is -3.19. The average molecular weight is 193 g/mol. The second-order valence-electron chi connectivity index (χ2n) is 3.41. The second kappa shape index (κ2) is 4.00. The molecule has 0 aliphatic carbocycles. The molecule has 0 unspecified atom stereocenters. The Balaban J connectivity index is 2.57. The van der Waals surface area contributed by atoms with Crippen molar-refractivity contribution in [2.45, 2.75) is 25.9 Å².